The Morgan fingerprint density at radius 3 is 3.07 bits per heavy atom. The molecule has 1 aliphatic rings. The van der Waals surface area contributed by atoms with Gasteiger partial charge in [-0.25, -0.2) is 9.97 Å². The fraction of sp³-hybridized carbons (Fsp3) is 0.500. The van der Waals surface area contributed by atoms with Crippen LogP contribution in [0.15, 0.2) is 12.5 Å². The molecule has 0 aromatic carbocycles. The summed E-state index contributed by atoms with van der Waals surface area (Å²) in [4.78, 5) is 17.5. The van der Waals surface area contributed by atoms with Crippen LogP contribution >= 0.6 is 29.8 Å². The molecule has 13 heteroatoms. The lowest BCUT2D eigenvalue weighted by molar-refractivity contribution is -0.0181. The number of hydrogen-bond donors (Lipinski definition) is 3. The van der Waals surface area contributed by atoms with Crippen molar-refractivity contribution in [3.05, 3.63) is 18.1 Å². The van der Waals surface area contributed by atoms with E-state index in [1.165, 1.54) is 6.33 Å². The SMILES string of the molecule is CSSCOC1[C@H](n2cc(C#CCN)c3c(N)ncnc32)CO[C@@H]1CO[PH](=O)O. The fourth-order valence-electron chi connectivity index (χ4n) is 3.17. The Kier molecular flexibility index (Phi) is 8.23. The molecular weight excluding hydrogens is 437 g/mol. The molecule has 3 rings (SSSR count). The molecule has 2 aromatic heterocycles. The van der Waals surface area contributed by atoms with Crippen LogP contribution in [0, 0.1) is 11.8 Å². The number of nitrogen functional groups attached to an aromatic ring is 1. The second kappa shape index (κ2) is 10.7. The van der Waals surface area contributed by atoms with E-state index in [1.807, 2.05) is 17.0 Å². The molecule has 0 saturated carbocycles. The third-order valence-corrected chi connectivity index (χ3v) is 6.22. The Bertz CT molecular complexity index is 934. The number of nitrogens with two attached hydrogens (primary N) is 2. The van der Waals surface area contributed by atoms with Crippen molar-refractivity contribution in [1.82, 2.24) is 14.5 Å². The number of anilines is 1. The molecule has 158 valence electrons. The predicted molar refractivity (Wildman–Crippen MR) is 115 cm³/mol. The van der Waals surface area contributed by atoms with Gasteiger partial charge >= 0.3 is 8.25 Å². The van der Waals surface area contributed by atoms with Crippen molar-refractivity contribution in [2.45, 2.75) is 18.2 Å². The van der Waals surface area contributed by atoms with Crippen LogP contribution in [0.1, 0.15) is 11.6 Å². The van der Waals surface area contributed by atoms with E-state index in [0.29, 0.717) is 35.0 Å². The summed E-state index contributed by atoms with van der Waals surface area (Å²) in [6.45, 7) is 0.478. The minimum Gasteiger partial charge on any atom is -0.383 e. The summed E-state index contributed by atoms with van der Waals surface area (Å²) in [7, 11) is 0.0575. The Morgan fingerprint density at radius 2 is 2.34 bits per heavy atom. The van der Waals surface area contributed by atoms with Gasteiger partial charge in [0.05, 0.1) is 36.8 Å². The topological polar surface area (TPSA) is 148 Å². The number of rotatable bonds is 8. The molecule has 1 aliphatic heterocycles. The van der Waals surface area contributed by atoms with Crippen molar-refractivity contribution < 1.29 is 23.5 Å². The van der Waals surface area contributed by atoms with Crippen molar-refractivity contribution in [3.63, 3.8) is 0 Å². The molecule has 3 heterocycles. The van der Waals surface area contributed by atoms with E-state index in [0.717, 1.165) is 0 Å². The lowest BCUT2D eigenvalue weighted by Gasteiger charge is -2.24. The van der Waals surface area contributed by atoms with Gasteiger partial charge in [-0.05, 0) is 6.26 Å². The van der Waals surface area contributed by atoms with E-state index in [4.69, 9.17) is 30.4 Å². The number of aromatic nitrogens is 3. The third kappa shape index (κ3) is 5.25. The normalized spacial score (nSPS) is 22.5. The molecular formula is C16H22N5O5PS2. The monoisotopic (exact) mass is 459 g/mol. The van der Waals surface area contributed by atoms with Crippen LogP contribution in [0.3, 0.4) is 0 Å². The van der Waals surface area contributed by atoms with Crippen LogP contribution in [0.2, 0.25) is 0 Å². The van der Waals surface area contributed by atoms with Gasteiger partial charge in [0.2, 0.25) is 0 Å². The number of ether oxygens (including phenoxy) is 2. The zero-order valence-electron chi connectivity index (χ0n) is 15.6. The highest BCUT2D eigenvalue weighted by Crippen LogP contribution is 2.35. The van der Waals surface area contributed by atoms with Gasteiger partial charge in [0.1, 0.15) is 35.9 Å². The van der Waals surface area contributed by atoms with Crippen molar-refractivity contribution in [2.75, 3.05) is 37.7 Å². The molecule has 1 fully saturated rings. The van der Waals surface area contributed by atoms with E-state index in [2.05, 4.69) is 21.8 Å². The lowest BCUT2D eigenvalue weighted by Crippen LogP contribution is -2.34. The molecule has 5 N–H and O–H groups in total. The summed E-state index contributed by atoms with van der Waals surface area (Å²) >= 11 is 0. The zero-order valence-corrected chi connectivity index (χ0v) is 18.2. The average molecular weight is 459 g/mol. The minimum atomic E-state index is -3.07. The van der Waals surface area contributed by atoms with Crippen LogP contribution in [-0.4, -0.2) is 63.6 Å². The Morgan fingerprint density at radius 1 is 1.52 bits per heavy atom. The van der Waals surface area contributed by atoms with Gasteiger partial charge in [-0.3, -0.25) is 4.57 Å². The Hall–Kier alpha value is -1.29. The first kappa shape index (κ1) is 22.4. The van der Waals surface area contributed by atoms with Crippen molar-refractivity contribution in [3.8, 4) is 11.8 Å². The molecule has 10 nitrogen and oxygen atoms in total. The minimum absolute atomic E-state index is 0.0461. The molecule has 1 saturated heterocycles. The summed E-state index contributed by atoms with van der Waals surface area (Å²) in [5.74, 6) is 6.58. The third-order valence-electron chi connectivity index (χ3n) is 4.35. The van der Waals surface area contributed by atoms with Crippen LogP contribution in [0.5, 0.6) is 0 Å². The molecule has 0 aliphatic carbocycles. The maximum absolute atomic E-state index is 11.0. The molecule has 0 bridgehead atoms. The van der Waals surface area contributed by atoms with Gasteiger partial charge in [0.25, 0.3) is 0 Å². The van der Waals surface area contributed by atoms with E-state index < -0.39 is 20.5 Å². The van der Waals surface area contributed by atoms with E-state index in [1.54, 1.807) is 21.6 Å². The number of fused-ring (bicyclic) bond motifs is 1. The van der Waals surface area contributed by atoms with Gasteiger partial charge in [0.15, 0.2) is 0 Å². The van der Waals surface area contributed by atoms with Crippen LogP contribution in [-0.2, 0) is 18.6 Å². The molecule has 29 heavy (non-hydrogen) atoms. The van der Waals surface area contributed by atoms with Crippen molar-refractivity contribution in [1.29, 1.82) is 0 Å². The fourth-order valence-corrected chi connectivity index (χ4v) is 4.24. The standard InChI is InChI=1S/C16H22N5O5PS2/c1-28-29-9-25-14-11(6-24-12(14)7-26-27(22)23)21-5-10(3-2-4-17)13-15(18)19-8-20-16(13)21/h5,8,11-12,14,27H,4,6-7,9,17H2,1H3,(H,22,23)(H2,18,19,20)/t11-,12-,14?/m1/s1. The van der Waals surface area contributed by atoms with Crippen LogP contribution < -0.4 is 11.5 Å². The highest BCUT2D eigenvalue weighted by atomic mass is 33.1. The summed E-state index contributed by atoms with van der Waals surface area (Å²) in [5, 5.41) is 0.644. The number of hydrogen-bond acceptors (Lipinski definition) is 10. The maximum atomic E-state index is 11.0. The highest BCUT2D eigenvalue weighted by molar-refractivity contribution is 8.76. The summed E-state index contributed by atoms with van der Waals surface area (Å²) in [6.07, 6.45) is 4.26. The zero-order chi connectivity index (χ0) is 20.8. The van der Waals surface area contributed by atoms with Crippen LogP contribution in [0.4, 0.5) is 5.82 Å². The first-order valence-electron chi connectivity index (χ1n) is 8.61. The van der Waals surface area contributed by atoms with E-state index >= 15 is 0 Å². The summed E-state index contributed by atoms with van der Waals surface area (Å²) in [6, 6.07) is -0.253. The van der Waals surface area contributed by atoms with E-state index in [9.17, 15) is 4.57 Å². The Labute approximate surface area is 176 Å². The van der Waals surface area contributed by atoms with Gasteiger partial charge in [0, 0.05) is 6.20 Å². The van der Waals surface area contributed by atoms with Gasteiger partial charge in [-0.2, -0.15) is 0 Å². The van der Waals surface area contributed by atoms with Crippen molar-refractivity contribution >= 4 is 46.7 Å². The first-order valence-corrected chi connectivity index (χ1v) is 12.6. The van der Waals surface area contributed by atoms with Gasteiger partial charge in [-0.1, -0.05) is 33.4 Å². The van der Waals surface area contributed by atoms with E-state index in [-0.39, 0.29) is 19.2 Å². The molecule has 2 aromatic rings. The smallest absolute Gasteiger partial charge is 0.316 e. The molecule has 0 radical (unpaired) electrons. The molecule has 2 unspecified atom stereocenters. The van der Waals surface area contributed by atoms with Gasteiger partial charge in [-0.15, -0.1) is 0 Å². The quantitative estimate of drug-likeness (QED) is 0.171. The predicted octanol–water partition coefficient (Wildman–Crippen LogP) is 1.02. The Balaban J connectivity index is 1.97. The highest BCUT2D eigenvalue weighted by Gasteiger charge is 2.40. The summed E-state index contributed by atoms with van der Waals surface area (Å²) in [5.41, 5.74) is 12.9. The van der Waals surface area contributed by atoms with Gasteiger partial charge < -0.3 is 34.9 Å². The second-order valence-corrected chi connectivity index (χ2v) is 9.30. The largest absolute Gasteiger partial charge is 0.383 e. The second-order valence-electron chi connectivity index (χ2n) is 5.96. The van der Waals surface area contributed by atoms with Crippen molar-refractivity contribution in [2.24, 2.45) is 5.73 Å². The molecule has 4 atom stereocenters. The lowest BCUT2D eigenvalue weighted by atomic mass is 10.1. The summed E-state index contributed by atoms with van der Waals surface area (Å²) < 4.78 is 29.7. The van der Waals surface area contributed by atoms with Crippen LogP contribution in [0.25, 0.3) is 11.0 Å². The average Bonchev–Trinajstić information content (AvgIpc) is 3.27. The molecule has 0 amide bonds. The number of nitrogens with zero attached hydrogens (tertiary/aromatic N) is 3. The maximum Gasteiger partial charge on any atom is 0.316 e. The molecule has 0 spiro atoms. The first-order chi connectivity index (χ1) is 14.1.